The molecular formula is C23H30N2O5S. The third-order valence-electron chi connectivity index (χ3n) is 5.14. The highest BCUT2D eigenvalue weighted by Crippen LogP contribution is 2.25. The molecule has 1 amide bonds. The summed E-state index contributed by atoms with van der Waals surface area (Å²) in [6.07, 6.45) is 0.563. The number of nitrogens with one attached hydrogen (secondary N) is 1. The normalized spacial score (nSPS) is 16.8. The highest BCUT2D eigenvalue weighted by Gasteiger charge is 2.25. The molecule has 1 heterocycles. The van der Waals surface area contributed by atoms with Gasteiger partial charge in [-0.05, 0) is 43.5 Å². The molecule has 0 aliphatic carbocycles. The van der Waals surface area contributed by atoms with Gasteiger partial charge < -0.3 is 14.4 Å². The molecule has 1 atom stereocenters. The van der Waals surface area contributed by atoms with Crippen molar-refractivity contribution < 1.29 is 22.7 Å². The Hall–Kier alpha value is -2.42. The third kappa shape index (κ3) is 6.29. The Labute approximate surface area is 184 Å². The lowest BCUT2D eigenvalue weighted by Gasteiger charge is -2.33. The third-order valence-corrected chi connectivity index (χ3v) is 6.62. The first kappa shape index (κ1) is 23.2. The van der Waals surface area contributed by atoms with E-state index in [9.17, 15) is 13.2 Å². The molecule has 1 unspecified atom stereocenters. The van der Waals surface area contributed by atoms with Gasteiger partial charge in [-0.15, -0.1) is 0 Å². The fourth-order valence-electron chi connectivity index (χ4n) is 3.53. The number of benzene rings is 2. The van der Waals surface area contributed by atoms with E-state index in [1.54, 1.807) is 17.0 Å². The number of morpholine rings is 1. The molecular weight excluding hydrogens is 416 g/mol. The number of aryl methyl sites for hydroxylation is 1. The van der Waals surface area contributed by atoms with Crippen molar-refractivity contribution in [2.45, 2.75) is 37.7 Å². The highest BCUT2D eigenvalue weighted by molar-refractivity contribution is 7.89. The van der Waals surface area contributed by atoms with Crippen molar-refractivity contribution in [1.82, 2.24) is 9.62 Å². The lowest BCUT2D eigenvalue weighted by Crippen LogP contribution is -2.42. The van der Waals surface area contributed by atoms with E-state index < -0.39 is 10.0 Å². The van der Waals surface area contributed by atoms with Crippen LogP contribution in [0.4, 0.5) is 0 Å². The minimum Gasteiger partial charge on any atom is -0.492 e. The number of rotatable bonds is 9. The van der Waals surface area contributed by atoms with Gasteiger partial charge in [0.15, 0.2) is 0 Å². The maximum Gasteiger partial charge on any atom is 0.244 e. The van der Waals surface area contributed by atoms with Gasteiger partial charge in [-0.3, -0.25) is 4.79 Å². The second kappa shape index (κ2) is 10.7. The van der Waals surface area contributed by atoms with Crippen molar-refractivity contribution >= 4 is 15.9 Å². The van der Waals surface area contributed by atoms with Crippen LogP contribution in [0, 0.1) is 6.92 Å². The first-order valence-electron chi connectivity index (χ1n) is 10.6. The Kier molecular flexibility index (Phi) is 8.06. The summed E-state index contributed by atoms with van der Waals surface area (Å²) in [5.74, 6) is 0.339. The predicted octanol–water partition coefficient (Wildman–Crippen LogP) is 3.05. The van der Waals surface area contributed by atoms with Gasteiger partial charge >= 0.3 is 0 Å². The Bertz CT molecular complexity index is 979. The van der Waals surface area contributed by atoms with E-state index in [0.717, 1.165) is 11.1 Å². The number of hydrogen-bond acceptors (Lipinski definition) is 5. The average Bonchev–Trinajstić information content (AvgIpc) is 2.78. The molecule has 8 heteroatoms. The average molecular weight is 447 g/mol. The molecule has 2 aromatic carbocycles. The second-order valence-corrected chi connectivity index (χ2v) is 9.23. The SMILES string of the molecule is CCOc1ccc(C)cc1S(=O)(=O)NCCCC(=O)N1CCOC(c2ccccc2)C1. The fraction of sp³-hybridized carbons (Fsp3) is 0.435. The van der Waals surface area contributed by atoms with Crippen molar-refractivity contribution in [3.05, 3.63) is 59.7 Å². The van der Waals surface area contributed by atoms with E-state index in [1.165, 1.54) is 0 Å². The van der Waals surface area contributed by atoms with Gasteiger partial charge in [0.25, 0.3) is 0 Å². The molecule has 0 bridgehead atoms. The van der Waals surface area contributed by atoms with Gasteiger partial charge in [-0.2, -0.15) is 0 Å². The Balaban J connectivity index is 1.51. The summed E-state index contributed by atoms with van der Waals surface area (Å²) in [5.41, 5.74) is 1.88. The van der Waals surface area contributed by atoms with Gasteiger partial charge in [0.05, 0.1) is 19.8 Å². The number of carbonyl (C=O) groups is 1. The lowest BCUT2D eigenvalue weighted by molar-refractivity contribution is -0.139. The van der Waals surface area contributed by atoms with Crippen LogP contribution < -0.4 is 9.46 Å². The summed E-state index contributed by atoms with van der Waals surface area (Å²) in [6, 6.07) is 14.9. The van der Waals surface area contributed by atoms with E-state index in [4.69, 9.17) is 9.47 Å². The van der Waals surface area contributed by atoms with E-state index in [0.29, 0.717) is 38.5 Å². The van der Waals surface area contributed by atoms with Crippen LogP contribution in [0.3, 0.4) is 0 Å². The summed E-state index contributed by atoms with van der Waals surface area (Å²) in [6.45, 7) is 5.75. The number of ether oxygens (including phenoxy) is 2. The second-order valence-electron chi connectivity index (χ2n) is 7.49. The lowest BCUT2D eigenvalue weighted by atomic mass is 10.1. The monoisotopic (exact) mass is 446 g/mol. The maximum absolute atomic E-state index is 12.7. The zero-order valence-electron chi connectivity index (χ0n) is 18.0. The molecule has 168 valence electrons. The van der Waals surface area contributed by atoms with Gasteiger partial charge in [-0.1, -0.05) is 36.4 Å². The van der Waals surface area contributed by atoms with Crippen molar-refractivity contribution in [3.8, 4) is 5.75 Å². The molecule has 3 rings (SSSR count). The van der Waals surface area contributed by atoms with E-state index in [-0.39, 0.29) is 29.9 Å². The van der Waals surface area contributed by atoms with Crippen molar-refractivity contribution in [2.75, 3.05) is 32.8 Å². The van der Waals surface area contributed by atoms with Crippen LogP contribution >= 0.6 is 0 Å². The number of amides is 1. The van der Waals surface area contributed by atoms with E-state index >= 15 is 0 Å². The molecule has 0 aromatic heterocycles. The molecule has 1 saturated heterocycles. The zero-order valence-corrected chi connectivity index (χ0v) is 18.9. The molecule has 0 radical (unpaired) electrons. The van der Waals surface area contributed by atoms with Crippen LogP contribution in [0.15, 0.2) is 53.4 Å². The number of sulfonamides is 1. The van der Waals surface area contributed by atoms with Gasteiger partial charge in [0, 0.05) is 19.5 Å². The molecule has 1 aliphatic heterocycles. The fourth-order valence-corrected chi connectivity index (χ4v) is 4.83. The van der Waals surface area contributed by atoms with Crippen molar-refractivity contribution in [1.29, 1.82) is 0 Å². The highest BCUT2D eigenvalue weighted by atomic mass is 32.2. The molecule has 2 aromatic rings. The molecule has 1 N–H and O–H groups in total. The van der Waals surface area contributed by atoms with Gasteiger partial charge in [-0.25, -0.2) is 13.1 Å². The first-order chi connectivity index (χ1) is 14.9. The summed E-state index contributed by atoms with van der Waals surface area (Å²) in [7, 11) is -3.72. The summed E-state index contributed by atoms with van der Waals surface area (Å²) >= 11 is 0. The maximum atomic E-state index is 12.7. The van der Waals surface area contributed by atoms with E-state index in [2.05, 4.69) is 4.72 Å². The Morgan fingerprint density at radius 1 is 1.23 bits per heavy atom. The largest absolute Gasteiger partial charge is 0.492 e. The zero-order chi connectivity index (χ0) is 22.3. The molecule has 0 spiro atoms. The Morgan fingerprint density at radius 2 is 2.00 bits per heavy atom. The van der Waals surface area contributed by atoms with Crippen LogP contribution in [0.25, 0.3) is 0 Å². The van der Waals surface area contributed by atoms with Crippen LogP contribution in [-0.4, -0.2) is 52.1 Å². The first-order valence-corrected chi connectivity index (χ1v) is 12.1. The van der Waals surface area contributed by atoms with Gasteiger partial charge in [0.2, 0.25) is 15.9 Å². The summed E-state index contributed by atoms with van der Waals surface area (Å²) < 4.78 is 39.3. The summed E-state index contributed by atoms with van der Waals surface area (Å²) in [4.78, 5) is 14.5. The topological polar surface area (TPSA) is 84.9 Å². The minimum atomic E-state index is -3.72. The molecule has 1 fully saturated rings. The van der Waals surface area contributed by atoms with Gasteiger partial charge in [0.1, 0.15) is 16.7 Å². The summed E-state index contributed by atoms with van der Waals surface area (Å²) in [5, 5.41) is 0. The molecule has 31 heavy (non-hydrogen) atoms. The molecule has 1 aliphatic rings. The number of hydrogen-bond donors (Lipinski definition) is 1. The molecule has 7 nitrogen and oxygen atoms in total. The number of nitrogens with zero attached hydrogens (tertiary/aromatic N) is 1. The van der Waals surface area contributed by atoms with Crippen molar-refractivity contribution in [3.63, 3.8) is 0 Å². The molecule has 0 saturated carbocycles. The minimum absolute atomic E-state index is 0.00832. The van der Waals surface area contributed by atoms with Crippen LogP contribution in [-0.2, 0) is 19.6 Å². The van der Waals surface area contributed by atoms with Crippen LogP contribution in [0.5, 0.6) is 5.75 Å². The smallest absolute Gasteiger partial charge is 0.244 e. The Morgan fingerprint density at radius 3 is 2.74 bits per heavy atom. The number of carbonyl (C=O) groups excluding carboxylic acids is 1. The van der Waals surface area contributed by atoms with Crippen LogP contribution in [0.2, 0.25) is 0 Å². The van der Waals surface area contributed by atoms with Crippen molar-refractivity contribution in [2.24, 2.45) is 0 Å². The quantitative estimate of drug-likeness (QED) is 0.599. The van der Waals surface area contributed by atoms with E-state index in [1.807, 2.05) is 50.2 Å². The predicted molar refractivity (Wildman–Crippen MR) is 118 cm³/mol. The standard InChI is InChI=1S/C23H30N2O5S/c1-3-29-20-12-11-18(2)16-22(20)31(27,28)24-13-7-10-23(26)25-14-15-30-21(17-25)19-8-5-4-6-9-19/h4-6,8-9,11-12,16,21,24H,3,7,10,13-15,17H2,1-2H3. The van der Waals surface area contributed by atoms with Crippen LogP contribution in [0.1, 0.15) is 37.0 Å².